The molecule has 0 amide bonds. The second kappa shape index (κ2) is 7.04. The van der Waals surface area contributed by atoms with Crippen LogP contribution in [0.5, 0.6) is 11.6 Å². The summed E-state index contributed by atoms with van der Waals surface area (Å²) in [5.74, 6) is 0.141. The highest BCUT2D eigenvalue weighted by Gasteiger charge is 2.18. The molecule has 0 bridgehead atoms. The smallest absolute Gasteiger partial charge is 0.358 e. The van der Waals surface area contributed by atoms with E-state index >= 15 is 0 Å². The van der Waals surface area contributed by atoms with Gasteiger partial charge in [-0.25, -0.2) is 14.5 Å². The van der Waals surface area contributed by atoms with E-state index < -0.39 is 5.97 Å². The second-order valence-electron chi connectivity index (χ2n) is 5.15. The van der Waals surface area contributed by atoms with E-state index in [2.05, 4.69) is 10.1 Å². The molecule has 1 N–H and O–H groups in total. The van der Waals surface area contributed by atoms with E-state index in [0.29, 0.717) is 17.3 Å². The number of nitrogens with zero attached hydrogens (tertiary/aromatic N) is 3. The molecule has 0 spiro atoms. The zero-order chi connectivity index (χ0) is 17.8. The van der Waals surface area contributed by atoms with Crippen LogP contribution in [0.15, 0.2) is 48.7 Å². The van der Waals surface area contributed by atoms with Gasteiger partial charge in [-0.2, -0.15) is 5.10 Å². The molecule has 0 atom stereocenters. The van der Waals surface area contributed by atoms with Crippen molar-refractivity contribution >= 4 is 5.97 Å². The fourth-order valence-corrected chi connectivity index (χ4v) is 2.34. The van der Waals surface area contributed by atoms with Gasteiger partial charge in [0.25, 0.3) is 0 Å². The normalized spacial score (nSPS) is 10.5. The minimum Gasteiger partial charge on any atom is -0.508 e. The number of phenolic OH excluding ortho intramolecular Hbond substituents is 1. The monoisotopic (exact) mass is 339 g/mol. The summed E-state index contributed by atoms with van der Waals surface area (Å²) in [6.45, 7) is 2.01. The van der Waals surface area contributed by atoms with Gasteiger partial charge in [0.2, 0.25) is 5.88 Å². The highest BCUT2D eigenvalue weighted by molar-refractivity contribution is 5.89. The van der Waals surface area contributed by atoms with E-state index in [-0.39, 0.29) is 18.1 Å². The maximum Gasteiger partial charge on any atom is 0.358 e. The van der Waals surface area contributed by atoms with Crippen LogP contribution in [-0.2, 0) is 4.74 Å². The number of esters is 1. The Balaban J connectivity index is 2.10. The van der Waals surface area contributed by atoms with Crippen molar-refractivity contribution in [3.8, 4) is 28.6 Å². The molecule has 0 radical (unpaired) electrons. The molecule has 0 saturated heterocycles. The molecular weight excluding hydrogens is 322 g/mol. The summed E-state index contributed by atoms with van der Waals surface area (Å²) in [6, 6.07) is 11.8. The molecule has 2 aromatic heterocycles. The van der Waals surface area contributed by atoms with Gasteiger partial charge >= 0.3 is 5.97 Å². The Labute approximate surface area is 144 Å². The lowest BCUT2D eigenvalue weighted by Crippen LogP contribution is -2.07. The van der Waals surface area contributed by atoms with Crippen LogP contribution in [0.4, 0.5) is 0 Å². The van der Waals surface area contributed by atoms with E-state index in [9.17, 15) is 9.90 Å². The highest BCUT2D eigenvalue weighted by Crippen LogP contribution is 2.26. The van der Waals surface area contributed by atoms with E-state index in [1.165, 1.54) is 7.11 Å². The van der Waals surface area contributed by atoms with E-state index in [0.717, 1.165) is 5.56 Å². The quantitative estimate of drug-likeness (QED) is 0.719. The lowest BCUT2D eigenvalue weighted by Gasteiger charge is -2.08. The van der Waals surface area contributed by atoms with Crippen molar-refractivity contribution in [2.75, 3.05) is 13.7 Å². The lowest BCUT2D eigenvalue weighted by molar-refractivity contribution is 0.0519. The average Bonchev–Trinajstić information content (AvgIpc) is 3.08. The molecular formula is C18H17N3O4. The van der Waals surface area contributed by atoms with Gasteiger partial charge in [-0.15, -0.1) is 0 Å². The first-order valence-electron chi connectivity index (χ1n) is 7.69. The maximum absolute atomic E-state index is 12.1. The predicted octanol–water partition coefficient (Wildman–Crippen LogP) is 2.83. The highest BCUT2D eigenvalue weighted by atomic mass is 16.5. The van der Waals surface area contributed by atoms with Gasteiger partial charge in [-0.1, -0.05) is 0 Å². The minimum atomic E-state index is -0.497. The number of carbonyl (C=O) groups is 1. The van der Waals surface area contributed by atoms with Crippen molar-refractivity contribution in [2.45, 2.75) is 6.92 Å². The topological polar surface area (TPSA) is 86.5 Å². The van der Waals surface area contributed by atoms with Crippen molar-refractivity contribution < 1.29 is 19.4 Å². The zero-order valence-corrected chi connectivity index (χ0v) is 13.8. The molecule has 0 aliphatic rings. The molecule has 0 fully saturated rings. The summed E-state index contributed by atoms with van der Waals surface area (Å²) in [7, 11) is 1.54. The fourth-order valence-electron chi connectivity index (χ4n) is 2.34. The first kappa shape index (κ1) is 16.5. The largest absolute Gasteiger partial charge is 0.508 e. The Morgan fingerprint density at radius 2 is 1.96 bits per heavy atom. The number of pyridine rings is 1. The Kier molecular flexibility index (Phi) is 4.65. The molecule has 0 saturated carbocycles. The van der Waals surface area contributed by atoms with E-state index in [1.54, 1.807) is 60.3 Å². The molecule has 7 nitrogen and oxygen atoms in total. The van der Waals surface area contributed by atoms with Crippen molar-refractivity contribution in [3.05, 3.63) is 54.4 Å². The van der Waals surface area contributed by atoms with Gasteiger partial charge < -0.3 is 14.6 Å². The molecule has 7 heteroatoms. The van der Waals surface area contributed by atoms with Crippen LogP contribution in [0.25, 0.3) is 16.9 Å². The average molecular weight is 339 g/mol. The summed E-state index contributed by atoms with van der Waals surface area (Å²) in [5.41, 5.74) is 2.33. The first-order chi connectivity index (χ1) is 12.1. The number of hydrogen-bond donors (Lipinski definition) is 1. The van der Waals surface area contributed by atoms with Crippen LogP contribution in [0.3, 0.4) is 0 Å². The number of carbonyl (C=O) groups excluding carboxylic acids is 1. The van der Waals surface area contributed by atoms with Gasteiger partial charge in [-0.05, 0) is 43.3 Å². The van der Waals surface area contributed by atoms with Crippen LogP contribution in [0.2, 0.25) is 0 Å². The number of methoxy groups -OCH3 is 1. The van der Waals surface area contributed by atoms with Crippen LogP contribution in [0.1, 0.15) is 17.4 Å². The fraction of sp³-hybridized carbons (Fsp3) is 0.167. The molecule has 128 valence electrons. The van der Waals surface area contributed by atoms with Crippen LogP contribution < -0.4 is 4.74 Å². The standard InChI is InChI=1S/C18H17N3O4/c1-3-25-18(23)15-10-16(12-4-7-14(22)8-5-12)21(20-15)13-6-9-17(24-2)19-11-13/h4-11,22H,3H2,1-2H3. The van der Waals surface area contributed by atoms with Gasteiger partial charge in [-0.3, -0.25) is 0 Å². The Hall–Kier alpha value is -3.35. The number of aromatic nitrogens is 3. The van der Waals surface area contributed by atoms with Crippen LogP contribution >= 0.6 is 0 Å². The minimum absolute atomic E-state index is 0.159. The number of ether oxygens (including phenoxy) is 2. The van der Waals surface area contributed by atoms with Gasteiger partial charge in [0.1, 0.15) is 5.75 Å². The van der Waals surface area contributed by atoms with E-state index in [4.69, 9.17) is 9.47 Å². The number of aromatic hydroxyl groups is 1. The zero-order valence-electron chi connectivity index (χ0n) is 13.8. The summed E-state index contributed by atoms with van der Waals surface area (Å²) < 4.78 is 11.7. The Morgan fingerprint density at radius 3 is 2.56 bits per heavy atom. The molecule has 0 aliphatic carbocycles. The van der Waals surface area contributed by atoms with Gasteiger partial charge in [0.15, 0.2) is 5.69 Å². The van der Waals surface area contributed by atoms with Gasteiger partial charge in [0, 0.05) is 11.6 Å². The van der Waals surface area contributed by atoms with Crippen LogP contribution in [-0.4, -0.2) is 39.6 Å². The number of hydrogen-bond acceptors (Lipinski definition) is 6. The molecule has 0 aliphatic heterocycles. The number of rotatable bonds is 5. The third-order valence-corrected chi connectivity index (χ3v) is 3.53. The van der Waals surface area contributed by atoms with Crippen molar-refractivity contribution in [1.29, 1.82) is 0 Å². The second-order valence-corrected chi connectivity index (χ2v) is 5.15. The summed E-state index contributed by atoms with van der Waals surface area (Å²) in [6.07, 6.45) is 1.60. The maximum atomic E-state index is 12.1. The predicted molar refractivity (Wildman–Crippen MR) is 91.0 cm³/mol. The molecule has 3 aromatic rings. The third-order valence-electron chi connectivity index (χ3n) is 3.53. The van der Waals surface area contributed by atoms with E-state index in [1.807, 2.05) is 0 Å². The number of phenols is 1. The summed E-state index contributed by atoms with van der Waals surface area (Å²) in [4.78, 5) is 16.2. The SMILES string of the molecule is CCOC(=O)c1cc(-c2ccc(O)cc2)n(-c2ccc(OC)nc2)n1. The van der Waals surface area contributed by atoms with Gasteiger partial charge in [0.05, 0.1) is 31.3 Å². The molecule has 25 heavy (non-hydrogen) atoms. The molecule has 2 heterocycles. The first-order valence-corrected chi connectivity index (χ1v) is 7.69. The van der Waals surface area contributed by atoms with Crippen LogP contribution in [0, 0.1) is 0 Å². The molecule has 0 unspecified atom stereocenters. The van der Waals surface area contributed by atoms with Crippen molar-refractivity contribution in [1.82, 2.24) is 14.8 Å². The Morgan fingerprint density at radius 1 is 1.20 bits per heavy atom. The lowest BCUT2D eigenvalue weighted by atomic mass is 10.1. The van der Waals surface area contributed by atoms with Crippen molar-refractivity contribution in [2.24, 2.45) is 0 Å². The third kappa shape index (κ3) is 3.45. The number of benzene rings is 1. The molecule has 1 aromatic carbocycles. The van der Waals surface area contributed by atoms with Crippen molar-refractivity contribution in [3.63, 3.8) is 0 Å². The molecule has 3 rings (SSSR count). The summed E-state index contributed by atoms with van der Waals surface area (Å²) >= 11 is 0. The summed E-state index contributed by atoms with van der Waals surface area (Å²) in [5, 5.41) is 13.8. The Bertz CT molecular complexity index is 870.